The molecule has 4 rings (SSSR count). The Morgan fingerprint density at radius 3 is 2.58 bits per heavy atom. The number of allylic oxidation sites excluding steroid dienone is 1. The van der Waals surface area contributed by atoms with Crippen LogP contribution in [0.2, 0.25) is 5.02 Å². The zero-order valence-corrected chi connectivity index (χ0v) is 25.7. The van der Waals surface area contributed by atoms with Crippen molar-refractivity contribution in [3.05, 3.63) is 62.8 Å². The molecule has 1 aliphatic carbocycles. The van der Waals surface area contributed by atoms with Crippen LogP contribution < -0.4 is 10.1 Å². The van der Waals surface area contributed by atoms with Gasteiger partial charge in [0.15, 0.2) is 17.1 Å². The molecule has 2 aromatic heterocycles. The first-order valence-corrected chi connectivity index (χ1v) is 15.5. The molecule has 1 N–H and O–H groups in total. The second-order valence-electron chi connectivity index (χ2n) is 9.82. The molecule has 0 saturated carbocycles. The summed E-state index contributed by atoms with van der Waals surface area (Å²) in [5.41, 5.74) is 3.40. The van der Waals surface area contributed by atoms with E-state index in [4.69, 9.17) is 21.1 Å². The van der Waals surface area contributed by atoms with Gasteiger partial charge in [0.05, 0.1) is 18.4 Å². The Kier molecular flexibility index (Phi) is 10.3. The number of methoxy groups -OCH3 is 1. The number of thioether (sulfide) groups is 1. The molecule has 1 unspecified atom stereocenters. The number of rotatable bonds is 10. The van der Waals surface area contributed by atoms with Crippen molar-refractivity contribution in [2.75, 3.05) is 18.2 Å². The van der Waals surface area contributed by atoms with E-state index in [1.54, 1.807) is 6.08 Å². The van der Waals surface area contributed by atoms with Gasteiger partial charge in [-0.3, -0.25) is 9.36 Å². The average molecular weight is 603 g/mol. The zero-order valence-electron chi connectivity index (χ0n) is 23.3. The Labute approximate surface area is 248 Å². The largest absolute Gasteiger partial charge is 0.483 e. The molecule has 2 heterocycles. The van der Waals surface area contributed by atoms with Crippen LogP contribution in [0.15, 0.2) is 29.9 Å². The first-order valence-electron chi connectivity index (χ1n) is 13.4. The van der Waals surface area contributed by atoms with Crippen LogP contribution in [0.3, 0.4) is 0 Å². The number of carbonyl (C=O) groups excluding carboxylic acids is 2. The molecule has 1 atom stereocenters. The molecule has 0 radical (unpaired) electrons. The number of hydrogen-bond donors (Lipinski definition) is 1. The van der Waals surface area contributed by atoms with E-state index in [2.05, 4.69) is 22.1 Å². The average Bonchev–Trinajstić information content (AvgIpc) is 3.46. The number of hydrogen-bond acceptors (Lipinski definition) is 8. The van der Waals surface area contributed by atoms with Crippen molar-refractivity contribution >= 4 is 51.6 Å². The van der Waals surface area contributed by atoms with Gasteiger partial charge in [-0.25, -0.2) is 4.79 Å². The quantitative estimate of drug-likeness (QED) is 0.150. The SMILES string of the molecule is C=CCn1c(SCC(=O)Nc2sc3c(c2C(=O)OC)CCCCCC3)nnc1C(C)Oc1cc(C)c(Cl)c(C)c1. The minimum atomic E-state index is -0.406. The minimum Gasteiger partial charge on any atom is -0.483 e. The summed E-state index contributed by atoms with van der Waals surface area (Å²) in [5, 5.41) is 13.5. The van der Waals surface area contributed by atoms with Gasteiger partial charge < -0.3 is 14.8 Å². The van der Waals surface area contributed by atoms with E-state index in [-0.39, 0.29) is 11.7 Å². The molecule has 0 spiro atoms. The fraction of sp³-hybridized carbons (Fsp3) is 0.448. The van der Waals surface area contributed by atoms with Gasteiger partial charge in [-0.15, -0.1) is 28.1 Å². The number of carbonyl (C=O) groups is 2. The summed E-state index contributed by atoms with van der Waals surface area (Å²) in [6.07, 6.45) is 7.52. The van der Waals surface area contributed by atoms with Crippen LogP contribution >= 0.6 is 34.7 Å². The maximum Gasteiger partial charge on any atom is 0.341 e. The van der Waals surface area contributed by atoms with E-state index >= 15 is 0 Å². The van der Waals surface area contributed by atoms with E-state index in [0.29, 0.717) is 33.8 Å². The van der Waals surface area contributed by atoms with E-state index in [1.165, 1.54) is 41.5 Å². The molecule has 0 saturated heterocycles. The number of nitrogens with zero attached hydrogens (tertiary/aromatic N) is 3. The Balaban J connectivity index is 1.47. The standard InChI is InChI=1S/C29H35ClN4O4S2/c1-6-13-34-26(19(4)38-20-14-17(2)25(30)18(3)15-20)32-33-29(34)39-16-23(35)31-27-24(28(36)37-5)21-11-9-7-8-10-12-22(21)40-27/h6,14-15,19H,1,7-13,16H2,2-5H3,(H,31,35). The fourth-order valence-electron chi connectivity index (χ4n) is 4.86. The van der Waals surface area contributed by atoms with Crippen molar-refractivity contribution in [3.8, 4) is 5.75 Å². The summed E-state index contributed by atoms with van der Waals surface area (Å²) >= 11 is 9.06. The first-order chi connectivity index (χ1) is 19.2. The Hall–Kier alpha value is -2.82. The number of benzene rings is 1. The minimum absolute atomic E-state index is 0.100. The van der Waals surface area contributed by atoms with E-state index in [0.717, 1.165) is 53.8 Å². The number of ether oxygens (including phenoxy) is 2. The summed E-state index contributed by atoms with van der Waals surface area (Å²) in [4.78, 5) is 26.9. The van der Waals surface area contributed by atoms with E-state index < -0.39 is 12.1 Å². The predicted octanol–water partition coefficient (Wildman–Crippen LogP) is 7.11. The molecule has 8 nitrogen and oxygen atoms in total. The van der Waals surface area contributed by atoms with E-state index in [9.17, 15) is 9.59 Å². The highest BCUT2D eigenvalue weighted by atomic mass is 35.5. The van der Waals surface area contributed by atoms with Gasteiger partial charge in [0.25, 0.3) is 0 Å². The molecule has 1 aromatic carbocycles. The normalized spacial score (nSPS) is 14.0. The summed E-state index contributed by atoms with van der Waals surface area (Å²) < 4.78 is 13.1. The summed E-state index contributed by atoms with van der Waals surface area (Å²) in [5.74, 6) is 0.787. The van der Waals surface area contributed by atoms with Crippen LogP contribution in [0.5, 0.6) is 5.75 Å². The number of esters is 1. The third kappa shape index (κ3) is 6.90. The second kappa shape index (κ2) is 13.7. The van der Waals surface area contributed by atoms with Gasteiger partial charge in [-0.2, -0.15) is 0 Å². The topological polar surface area (TPSA) is 95.3 Å². The summed E-state index contributed by atoms with van der Waals surface area (Å²) in [7, 11) is 1.38. The predicted molar refractivity (Wildman–Crippen MR) is 161 cm³/mol. The van der Waals surface area contributed by atoms with Crippen LogP contribution in [0.25, 0.3) is 0 Å². The van der Waals surface area contributed by atoms with Crippen molar-refractivity contribution < 1.29 is 19.1 Å². The van der Waals surface area contributed by atoms with Crippen LogP contribution in [-0.4, -0.2) is 39.5 Å². The van der Waals surface area contributed by atoms with Crippen LogP contribution in [0, 0.1) is 13.8 Å². The van der Waals surface area contributed by atoms with Gasteiger partial charge in [-0.05, 0) is 75.3 Å². The smallest absolute Gasteiger partial charge is 0.341 e. The number of aryl methyl sites for hydroxylation is 3. The highest BCUT2D eigenvalue weighted by Crippen LogP contribution is 2.38. The highest BCUT2D eigenvalue weighted by molar-refractivity contribution is 7.99. The Morgan fingerprint density at radius 2 is 1.90 bits per heavy atom. The zero-order chi connectivity index (χ0) is 28.8. The van der Waals surface area contributed by atoms with Crippen molar-refractivity contribution in [3.63, 3.8) is 0 Å². The van der Waals surface area contributed by atoms with Gasteiger partial charge in [0.2, 0.25) is 5.91 Å². The molecule has 0 bridgehead atoms. The Bertz CT molecular complexity index is 1380. The number of thiophene rings is 1. The van der Waals surface area contributed by atoms with Crippen LogP contribution in [0.1, 0.15) is 76.5 Å². The number of aromatic nitrogens is 3. The molecule has 40 heavy (non-hydrogen) atoms. The van der Waals surface area contributed by atoms with Gasteiger partial charge in [0, 0.05) is 16.4 Å². The molecule has 3 aromatic rings. The van der Waals surface area contributed by atoms with Gasteiger partial charge >= 0.3 is 5.97 Å². The maximum absolute atomic E-state index is 13.0. The van der Waals surface area contributed by atoms with Gasteiger partial charge in [-0.1, -0.05) is 42.3 Å². The molecule has 0 fully saturated rings. The number of fused-ring (bicyclic) bond motifs is 1. The molecule has 1 amide bonds. The van der Waals surface area contributed by atoms with Crippen molar-refractivity contribution in [2.45, 2.75) is 77.1 Å². The molecular formula is C29H35ClN4O4S2. The lowest BCUT2D eigenvalue weighted by Crippen LogP contribution is -2.17. The molecule has 214 valence electrons. The Morgan fingerprint density at radius 1 is 1.20 bits per heavy atom. The van der Waals surface area contributed by atoms with Crippen LogP contribution in [0.4, 0.5) is 5.00 Å². The molecule has 1 aliphatic rings. The van der Waals surface area contributed by atoms with Crippen molar-refractivity contribution in [1.82, 2.24) is 14.8 Å². The number of halogens is 1. The van der Waals surface area contributed by atoms with E-state index in [1.807, 2.05) is 37.5 Å². The van der Waals surface area contributed by atoms with Crippen molar-refractivity contribution in [1.29, 1.82) is 0 Å². The lowest BCUT2D eigenvalue weighted by molar-refractivity contribution is -0.113. The number of amides is 1. The molecule has 11 heteroatoms. The number of nitrogens with one attached hydrogen (secondary N) is 1. The first kappa shape index (κ1) is 30.1. The third-order valence-corrected chi connectivity index (χ3v) is 9.56. The molecule has 0 aliphatic heterocycles. The lowest BCUT2D eigenvalue weighted by atomic mass is 9.96. The number of anilines is 1. The maximum atomic E-state index is 13.0. The third-order valence-electron chi connectivity index (χ3n) is 6.79. The molecular weight excluding hydrogens is 568 g/mol. The summed E-state index contributed by atoms with van der Waals surface area (Å²) in [6.45, 7) is 10.1. The lowest BCUT2D eigenvalue weighted by Gasteiger charge is -2.17. The summed E-state index contributed by atoms with van der Waals surface area (Å²) in [6, 6.07) is 3.79. The highest BCUT2D eigenvalue weighted by Gasteiger charge is 2.26. The second-order valence-corrected chi connectivity index (χ2v) is 12.2. The van der Waals surface area contributed by atoms with Crippen LogP contribution in [-0.2, 0) is 28.9 Å². The fourth-order valence-corrected chi connectivity index (χ4v) is 7.02. The van der Waals surface area contributed by atoms with Crippen molar-refractivity contribution in [2.24, 2.45) is 0 Å². The van der Waals surface area contributed by atoms with Gasteiger partial charge in [0.1, 0.15) is 10.8 Å². The monoisotopic (exact) mass is 602 g/mol.